The van der Waals surface area contributed by atoms with Crippen LogP contribution in [0.4, 0.5) is 24.9 Å². The van der Waals surface area contributed by atoms with Gasteiger partial charge in [0.15, 0.2) is 5.69 Å². The van der Waals surface area contributed by atoms with Crippen molar-refractivity contribution < 1.29 is 18.0 Å². The van der Waals surface area contributed by atoms with Gasteiger partial charge in [-0.3, -0.25) is 4.79 Å². The zero-order valence-corrected chi connectivity index (χ0v) is 12.1. The monoisotopic (exact) mass is 305 g/mol. The second-order valence-electron chi connectivity index (χ2n) is 4.13. The number of aromatic nitrogens is 2. The number of carbonyl (C=O) groups is 1. The number of nitrogens with one attached hydrogen (secondary N) is 2. The van der Waals surface area contributed by atoms with Crippen molar-refractivity contribution >= 4 is 17.7 Å². The molecule has 0 atom stereocenters. The molecule has 6 nitrogen and oxygen atoms in total. The van der Waals surface area contributed by atoms with E-state index in [1.165, 1.54) is 7.05 Å². The Kier molecular flexibility index (Phi) is 5.74. The van der Waals surface area contributed by atoms with E-state index in [2.05, 4.69) is 20.6 Å². The van der Waals surface area contributed by atoms with Crippen molar-refractivity contribution in [2.24, 2.45) is 0 Å². The van der Waals surface area contributed by atoms with Gasteiger partial charge in [0.25, 0.3) is 0 Å². The standard InChI is InChI=1S/C12H18F3N5O/c1-4-20(5-2)10(21)7-17-9-6-8(12(13,14)15)18-11(16-3)19-9/h6H,4-5,7H2,1-3H3,(H2,16,17,18,19). The molecule has 1 amide bonds. The predicted octanol–water partition coefficient (Wildman–Crippen LogP) is 1.82. The van der Waals surface area contributed by atoms with E-state index < -0.39 is 11.9 Å². The normalized spacial score (nSPS) is 11.1. The molecule has 0 saturated carbocycles. The van der Waals surface area contributed by atoms with Gasteiger partial charge in [-0.05, 0) is 13.8 Å². The number of anilines is 2. The lowest BCUT2D eigenvalue weighted by atomic mass is 10.3. The van der Waals surface area contributed by atoms with E-state index in [-0.39, 0.29) is 24.2 Å². The van der Waals surface area contributed by atoms with Crippen LogP contribution in [-0.2, 0) is 11.0 Å². The number of likely N-dealkylation sites (N-methyl/N-ethyl adjacent to an activating group) is 1. The highest BCUT2D eigenvalue weighted by Crippen LogP contribution is 2.29. The number of amides is 1. The molecule has 1 rings (SSSR count). The third-order valence-corrected chi connectivity index (χ3v) is 2.78. The van der Waals surface area contributed by atoms with Crippen molar-refractivity contribution in [3.63, 3.8) is 0 Å². The summed E-state index contributed by atoms with van der Waals surface area (Å²) in [4.78, 5) is 20.5. The van der Waals surface area contributed by atoms with Crippen LogP contribution in [0.3, 0.4) is 0 Å². The van der Waals surface area contributed by atoms with E-state index in [1.54, 1.807) is 4.90 Å². The highest BCUT2D eigenvalue weighted by molar-refractivity contribution is 5.80. The average molecular weight is 305 g/mol. The topological polar surface area (TPSA) is 70.2 Å². The van der Waals surface area contributed by atoms with Gasteiger partial charge >= 0.3 is 6.18 Å². The Balaban J connectivity index is 2.86. The molecule has 1 heterocycles. The average Bonchev–Trinajstić information content (AvgIpc) is 2.45. The summed E-state index contributed by atoms with van der Waals surface area (Å²) in [5.74, 6) is -0.428. The zero-order valence-electron chi connectivity index (χ0n) is 12.1. The molecule has 21 heavy (non-hydrogen) atoms. The van der Waals surface area contributed by atoms with Crippen LogP contribution in [0.2, 0.25) is 0 Å². The molecule has 0 spiro atoms. The van der Waals surface area contributed by atoms with Crippen LogP contribution in [0.1, 0.15) is 19.5 Å². The SMILES string of the molecule is CCN(CC)C(=O)CNc1cc(C(F)(F)F)nc(NC)n1. The van der Waals surface area contributed by atoms with Gasteiger partial charge in [0.05, 0.1) is 6.54 Å². The smallest absolute Gasteiger partial charge is 0.361 e. The summed E-state index contributed by atoms with van der Waals surface area (Å²) >= 11 is 0. The van der Waals surface area contributed by atoms with Gasteiger partial charge < -0.3 is 15.5 Å². The van der Waals surface area contributed by atoms with Gasteiger partial charge in [0, 0.05) is 26.2 Å². The molecule has 1 aromatic heterocycles. The second kappa shape index (κ2) is 7.09. The zero-order chi connectivity index (χ0) is 16.0. The summed E-state index contributed by atoms with van der Waals surface area (Å²) in [5.41, 5.74) is -1.07. The molecule has 0 radical (unpaired) electrons. The first-order chi connectivity index (χ1) is 9.81. The molecule has 0 aromatic carbocycles. The van der Waals surface area contributed by atoms with E-state index in [1.807, 2.05) is 13.8 Å². The predicted molar refractivity (Wildman–Crippen MR) is 73.0 cm³/mol. The van der Waals surface area contributed by atoms with Crippen molar-refractivity contribution in [1.29, 1.82) is 0 Å². The van der Waals surface area contributed by atoms with Crippen LogP contribution >= 0.6 is 0 Å². The Morgan fingerprint density at radius 1 is 1.29 bits per heavy atom. The van der Waals surface area contributed by atoms with Gasteiger partial charge in [0.2, 0.25) is 11.9 Å². The van der Waals surface area contributed by atoms with Crippen LogP contribution in [0.25, 0.3) is 0 Å². The molecule has 0 aliphatic rings. The number of alkyl halides is 3. The van der Waals surface area contributed by atoms with Crippen LogP contribution < -0.4 is 10.6 Å². The molecule has 0 fully saturated rings. The van der Waals surface area contributed by atoms with Crippen molar-refractivity contribution in [3.05, 3.63) is 11.8 Å². The molecular formula is C12H18F3N5O. The summed E-state index contributed by atoms with van der Waals surface area (Å²) in [5, 5.41) is 5.05. The lowest BCUT2D eigenvalue weighted by Crippen LogP contribution is -2.35. The summed E-state index contributed by atoms with van der Waals surface area (Å²) in [6.07, 6.45) is -4.58. The summed E-state index contributed by atoms with van der Waals surface area (Å²) in [6.45, 7) is 4.60. The maximum absolute atomic E-state index is 12.7. The fraction of sp³-hybridized carbons (Fsp3) is 0.583. The van der Waals surface area contributed by atoms with Crippen LogP contribution in [0.5, 0.6) is 0 Å². The van der Waals surface area contributed by atoms with E-state index in [0.717, 1.165) is 6.07 Å². The molecule has 2 N–H and O–H groups in total. The van der Waals surface area contributed by atoms with E-state index in [9.17, 15) is 18.0 Å². The molecule has 0 bridgehead atoms. The number of hydrogen-bond donors (Lipinski definition) is 2. The maximum atomic E-state index is 12.7. The lowest BCUT2D eigenvalue weighted by molar-refractivity contribution is -0.141. The minimum Gasteiger partial charge on any atom is -0.361 e. The van der Waals surface area contributed by atoms with Gasteiger partial charge in [0.1, 0.15) is 5.82 Å². The molecule has 9 heteroatoms. The van der Waals surface area contributed by atoms with Crippen molar-refractivity contribution in [2.45, 2.75) is 20.0 Å². The first-order valence-electron chi connectivity index (χ1n) is 6.47. The number of nitrogens with zero attached hydrogens (tertiary/aromatic N) is 3. The quantitative estimate of drug-likeness (QED) is 0.839. The van der Waals surface area contributed by atoms with E-state index >= 15 is 0 Å². The van der Waals surface area contributed by atoms with Crippen LogP contribution in [0, 0.1) is 0 Å². The first kappa shape index (κ1) is 17.0. The highest BCUT2D eigenvalue weighted by atomic mass is 19.4. The van der Waals surface area contributed by atoms with E-state index in [4.69, 9.17) is 0 Å². The Morgan fingerprint density at radius 2 is 1.90 bits per heavy atom. The molecular weight excluding hydrogens is 287 g/mol. The van der Waals surface area contributed by atoms with Crippen molar-refractivity contribution in [1.82, 2.24) is 14.9 Å². The molecule has 0 aliphatic heterocycles. The minimum absolute atomic E-state index is 0.0535. The fourth-order valence-corrected chi connectivity index (χ4v) is 1.65. The molecule has 118 valence electrons. The third kappa shape index (κ3) is 4.76. The third-order valence-electron chi connectivity index (χ3n) is 2.78. The van der Waals surface area contributed by atoms with Crippen molar-refractivity contribution in [2.75, 3.05) is 37.3 Å². The maximum Gasteiger partial charge on any atom is 0.433 e. The Hall–Kier alpha value is -2.06. The van der Waals surface area contributed by atoms with Gasteiger partial charge in [-0.2, -0.15) is 18.2 Å². The Bertz CT molecular complexity index is 488. The minimum atomic E-state index is -4.58. The highest BCUT2D eigenvalue weighted by Gasteiger charge is 2.33. The summed E-state index contributed by atoms with van der Waals surface area (Å²) in [6, 6.07) is 0.774. The summed E-state index contributed by atoms with van der Waals surface area (Å²) < 4.78 is 38.1. The van der Waals surface area contributed by atoms with Gasteiger partial charge in [-0.15, -0.1) is 0 Å². The number of rotatable bonds is 6. The van der Waals surface area contributed by atoms with Crippen LogP contribution in [0.15, 0.2) is 6.07 Å². The fourth-order valence-electron chi connectivity index (χ4n) is 1.65. The Morgan fingerprint density at radius 3 is 2.38 bits per heavy atom. The van der Waals surface area contributed by atoms with Gasteiger partial charge in [-0.25, -0.2) is 4.98 Å². The molecule has 0 unspecified atom stereocenters. The number of carbonyl (C=O) groups excluding carboxylic acids is 1. The van der Waals surface area contributed by atoms with Gasteiger partial charge in [-0.1, -0.05) is 0 Å². The largest absolute Gasteiger partial charge is 0.433 e. The second-order valence-corrected chi connectivity index (χ2v) is 4.13. The number of hydrogen-bond acceptors (Lipinski definition) is 5. The van der Waals surface area contributed by atoms with Crippen LogP contribution in [-0.4, -0.2) is 47.5 Å². The molecule has 0 saturated heterocycles. The Labute approximate surface area is 120 Å². The summed E-state index contributed by atoms with van der Waals surface area (Å²) in [7, 11) is 1.42. The molecule has 0 aliphatic carbocycles. The van der Waals surface area contributed by atoms with Crippen molar-refractivity contribution in [3.8, 4) is 0 Å². The first-order valence-corrected chi connectivity index (χ1v) is 6.47. The lowest BCUT2D eigenvalue weighted by Gasteiger charge is -2.19. The molecule has 1 aromatic rings. The van der Waals surface area contributed by atoms with E-state index in [0.29, 0.717) is 13.1 Å². The number of halogens is 3.